The lowest BCUT2D eigenvalue weighted by molar-refractivity contribution is 0.742. The van der Waals surface area contributed by atoms with Gasteiger partial charge >= 0.3 is 0 Å². The Morgan fingerprint density at radius 1 is 0.442 bits per heavy atom. The summed E-state index contributed by atoms with van der Waals surface area (Å²) in [5.41, 5.74) is 20.7. The van der Waals surface area contributed by atoms with Crippen LogP contribution in [0.1, 0.15) is 51.4 Å². The van der Waals surface area contributed by atoms with Gasteiger partial charge in [0.15, 0.2) is 0 Å². The highest BCUT2D eigenvalue weighted by Gasteiger charge is 2.54. The smallest absolute Gasteiger partial charge is 0.0741 e. The van der Waals surface area contributed by atoms with Crippen LogP contribution in [0.2, 0.25) is 0 Å². The molecule has 6 aromatic carbocycles. The predicted octanol–water partition coefficient (Wildman–Crippen LogP) is 11.3. The molecule has 0 saturated carbocycles. The van der Waals surface area contributed by atoms with E-state index in [1.54, 1.807) is 0 Å². The van der Waals surface area contributed by atoms with Crippen LogP contribution < -0.4 is 5.01 Å². The molecule has 0 unspecified atom stereocenters. The van der Waals surface area contributed by atoms with Gasteiger partial charge in [-0.3, -0.25) is 9.69 Å². The molecule has 246 valence electrons. The third-order valence-electron chi connectivity index (χ3n) is 12.3. The molecule has 0 fully saturated rings. The molecule has 4 aliphatic carbocycles. The number of aromatic nitrogens is 1. The molecule has 0 bridgehead atoms. The highest BCUT2D eigenvalue weighted by atomic mass is 15.5. The first-order valence-electron chi connectivity index (χ1n) is 18.3. The second-order valence-electron chi connectivity index (χ2n) is 14.4. The Kier molecular flexibility index (Phi) is 5.97. The van der Waals surface area contributed by atoms with Crippen molar-refractivity contribution in [2.75, 3.05) is 12.1 Å². The molecule has 7 aromatic rings. The summed E-state index contributed by atoms with van der Waals surface area (Å²) in [5, 5.41) is 2.20. The molecular weight excluding hydrogens is 629 g/mol. The SMILES string of the molecule is CC=C1/C(=C\C=C\N(C)n2cc3c(c2)C2(c4ccccc4-c4ccccc42)c2ccccc2-3)c2ccccc2C12c1ccccc1-c1ccccc12. The molecule has 0 saturated heterocycles. The Bertz CT molecular complexity index is 2640. The average Bonchev–Trinajstić information content (AvgIpc) is 3.97. The van der Waals surface area contributed by atoms with Gasteiger partial charge in [0.05, 0.1) is 10.8 Å². The van der Waals surface area contributed by atoms with Crippen molar-refractivity contribution in [3.05, 3.63) is 232 Å². The summed E-state index contributed by atoms with van der Waals surface area (Å²) in [6.45, 7) is 2.20. The van der Waals surface area contributed by atoms with E-state index in [0.717, 1.165) is 0 Å². The molecule has 0 atom stereocenters. The molecule has 0 aliphatic heterocycles. The van der Waals surface area contributed by atoms with Gasteiger partial charge in [-0.2, -0.15) is 0 Å². The third kappa shape index (κ3) is 3.45. The second-order valence-corrected chi connectivity index (χ2v) is 14.4. The minimum atomic E-state index is -0.340. The lowest BCUT2D eigenvalue weighted by atomic mass is 9.70. The van der Waals surface area contributed by atoms with Gasteiger partial charge in [0.25, 0.3) is 0 Å². The zero-order valence-corrected chi connectivity index (χ0v) is 29.2. The Balaban J connectivity index is 1.02. The van der Waals surface area contributed by atoms with E-state index >= 15 is 0 Å². The number of allylic oxidation sites excluding steroid dienone is 5. The van der Waals surface area contributed by atoms with Crippen LogP contribution in [0.3, 0.4) is 0 Å². The lowest BCUT2D eigenvalue weighted by Crippen LogP contribution is -2.27. The molecule has 52 heavy (non-hydrogen) atoms. The summed E-state index contributed by atoms with van der Waals surface area (Å²) in [4.78, 5) is 0. The van der Waals surface area contributed by atoms with E-state index in [1.807, 2.05) is 0 Å². The first kappa shape index (κ1) is 29.4. The maximum Gasteiger partial charge on any atom is 0.0741 e. The molecule has 4 aliphatic rings. The fourth-order valence-corrected chi connectivity index (χ4v) is 10.4. The number of hydrogen-bond donors (Lipinski definition) is 0. The summed E-state index contributed by atoms with van der Waals surface area (Å²) in [5.74, 6) is 0. The normalized spacial score (nSPS) is 17.3. The van der Waals surface area contributed by atoms with Crippen molar-refractivity contribution in [1.82, 2.24) is 4.68 Å². The monoisotopic (exact) mass is 664 g/mol. The summed E-state index contributed by atoms with van der Waals surface area (Å²) in [6.07, 6.45) is 13.7. The Morgan fingerprint density at radius 2 is 0.827 bits per heavy atom. The molecule has 0 N–H and O–H groups in total. The predicted molar refractivity (Wildman–Crippen MR) is 214 cm³/mol. The van der Waals surface area contributed by atoms with Crippen LogP contribution in [-0.2, 0) is 10.8 Å². The van der Waals surface area contributed by atoms with Crippen LogP contribution in [0.25, 0.3) is 39.0 Å². The van der Waals surface area contributed by atoms with E-state index in [4.69, 9.17) is 0 Å². The van der Waals surface area contributed by atoms with Crippen molar-refractivity contribution in [2.45, 2.75) is 17.8 Å². The molecule has 1 aromatic heterocycles. The van der Waals surface area contributed by atoms with E-state index in [2.05, 4.69) is 206 Å². The van der Waals surface area contributed by atoms with Crippen LogP contribution in [0.5, 0.6) is 0 Å². The van der Waals surface area contributed by atoms with Gasteiger partial charge in [0, 0.05) is 31.2 Å². The number of hydrogen-bond acceptors (Lipinski definition) is 1. The summed E-state index contributed by atoms with van der Waals surface area (Å²) < 4.78 is 2.25. The van der Waals surface area contributed by atoms with Gasteiger partial charge in [-0.05, 0) is 96.5 Å². The van der Waals surface area contributed by atoms with Crippen LogP contribution in [0.15, 0.2) is 188 Å². The standard InChI is InChI=1S/C50H36N2/c1-3-41-33(34-17-4-10-24-42(34)49(41)43-25-11-5-18-35(43)36-19-6-12-26-44(36)49)23-16-30-51(2)52-31-40-39-22-9-15-29-47(39)50(48(40)32-52)45-27-13-7-20-37(45)38-21-8-14-28-46(38)50/h3-32H,1-2H3/b30-16+,33-23-,41-3?. The van der Waals surface area contributed by atoms with Gasteiger partial charge < -0.3 is 0 Å². The number of rotatable bonds is 3. The van der Waals surface area contributed by atoms with Crippen molar-refractivity contribution in [3.8, 4) is 33.4 Å². The van der Waals surface area contributed by atoms with E-state index in [1.165, 1.54) is 89.0 Å². The van der Waals surface area contributed by atoms with Crippen LogP contribution in [-0.4, -0.2) is 11.7 Å². The fraction of sp³-hybridized carbons (Fsp3) is 0.0800. The number of benzene rings is 6. The van der Waals surface area contributed by atoms with Crippen molar-refractivity contribution < 1.29 is 0 Å². The number of nitrogens with zero attached hydrogens (tertiary/aromatic N) is 2. The highest BCUT2D eigenvalue weighted by molar-refractivity contribution is 6.00. The van der Waals surface area contributed by atoms with Gasteiger partial charge in [-0.25, -0.2) is 0 Å². The van der Waals surface area contributed by atoms with Crippen LogP contribution >= 0.6 is 0 Å². The average molecular weight is 665 g/mol. The molecule has 2 nitrogen and oxygen atoms in total. The Hall–Kier alpha value is -6.38. The maximum absolute atomic E-state index is 2.36. The summed E-state index contributed by atoms with van der Waals surface area (Å²) in [7, 11) is 2.14. The molecule has 11 rings (SSSR count). The van der Waals surface area contributed by atoms with E-state index in [0.29, 0.717) is 0 Å². The largest absolute Gasteiger partial charge is 0.292 e. The van der Waals surface area contributed by atoms with E-state index in [9.17, 15) is 0 Å². The molecule has 1 heterocycles. The highest BCUT2D eigenvalue weighted by Crippen LogP contribution is 2.64. The summed E-state index contributed by atoms with van der Waals surface area (Å²) in [6, 6.07) is 53.9. The van der Waals surface area contributed by atoms with E-state index < -0.39 is 0 Å². The lowest BCUT2D eigenvalue weighted by Gasteiger charge is -2.30. The quantitative estimate of drug-likeness (QED) is 0.182. The zero-order chi connectivity index (χ0) is 34.6. The van der Waals surface area contributed by atoms with Gasteiger partial charge in [-0.1, -0.05) is 158 Å². The van der Waals surface area contributed by atoms with Gasteiger partial charge in [0.2, 0.25) is 0 Å². The van der Waals surface area contributed by atoms with Gasteiger partial charge in [0.1, 0.15) is 0 Å². The topological polar surface area (TPSA) is 8.17 Å². The first-order chi connectivity index (χ1) is 25.7. The van der Waals surface area contributed by atoms with Crippen LogP contribution in [0, 0.1) is 0 Å². The van der Waals surface area contributed by atoms with Crippen molar-refractivity contribution >= 4 is 5.57 Å². The molecule has 2 heteroatoms. The zero-order valence-electron chi connectivity index (χ0n) is 29.2. The third-order valence-corrected chi connectivity index (χ3v) is 12.3. The van der Waals surface area contributed by atoms with Crippen molar-refractivity contribution in [3.63, 3.8) is 0 Å². The van der Waals surface area contributed by atoms with Crippen molar-refractivity contribution in [1.29, 1.82) is 0 Å². The van der Waals surface area contributed by atoms with Crippen molar-refractivity contribution in [2.24, 2.45) is 0 Å². The maximum atomic E-state index is 2.36. The molecule has 0 radical (unpaired) electrons. The van der Waals surface area contributed by atoms with Crippen LogP contribution in [0.4, 0.5) is 0 Å². The fourth-order valence-electron chi connectivity index (χ4n) is 10.4. The first-order valence-corrected chi connectivity index (χ1v) is 18.3. The Labute approximate surface area is 304 Å². The minimum absolute atomic E-state index is 0.332. The Morgan fingerprint density at radius 3 is 1.29 bits per heavy atom. The summed E-state index contributed by atoms with van der Waals surface area (Å²) >= 11 is 0. The minimum Gasteiger partial charge on any atom is -0.292 e. The van der Waals surface area contributed by atoms with E-state index in [-0.39, 0.29) is 10.8 Å². The van der Waals surface area contributed by atoms with Gasteiger partial charge in [-0.15, -0.1) is 0 Å². The number of fused-ring (bicyclic) bond motifs is 17. The molecule has 0 amide bonds. The second kappa shape index (κ2) is 10.6. The molecule has 2 spiro atoms. The molecular formula is C50H36N2.